The Morgan fingerprint density at radius 2 is 1.77 bits per heavy atom. The summed E-state index contributed by atoms with van der Waals surface area (Å²) in [6, 6.07) is 21.5. The molecule has 0 aromatic heterocycles. The van der Waals surface area contributed by atoms with Crippen LogP contribution in [0.25, 0.3) is 0 Å². The predicted octanol–water partition coefficient (Wildman–Crippen LogP) is 6.40. The van der Waals surface area contributed by atoms with Gasteiger partial charge in [-0.25, -0.2) is 0 Å². The molecule has 9 heteroatoms. The lowest BCUT2D eigenvalue weighted by Gasteiger charge is -2.22. The van der Waals surface area contributed by atoms with Crippen LogP contribution in [0, 0.1) is 11.5 Å². The Kier molecular flexibility index (Phi) is 12.4. The van der Waals surface area contributed by atoms with Crippen LogP contribution in [0.1, 0.15) is 36.0 Å². The highest BCUT2D eigenvalue weighted by atomic mass is 35.5. The van der Waals surface area contributed by atoms with Gasteiger partial charge in [-0.2, -0.15) is 0 Å². The number of hydrogen-bond acceptors (Lipinski definition) is 5. The van der Waals surface area contributed by atoms with Crippen LogP contribution in [0.2, 0.25) is 24.7 Å². The van der Waals surface area contributed by atoms with Crippen LogP contribution >= 0.6 is 11.6 Å². The third-order valence-corrected chi connectivity index (χ3v) is 8.01. The fourth-order valence-electron chi connectivity index (χ4n) is 4.55. The van der Waals surface area contributed by atoms with Crippen LogP contribution in [0.3, 0.4) is 0 Å². The first-order valence-electron chi connectivity index (χ1n) is 15.1. The van der Waals surface area contributed by atoms with Crippen molar-refractivity contribution in [2.45, 2.75) is 64.1 Å². The fraction of sp³-hybridized carbons (Fsp3) is 0.371. The van der Waals surface area contributed by atoms with E-state index < -0.39 is 14.1 Å². The number of ether oxygens (including phenoxy) is 3. The van der Waals surface area contributed by atoms with Gasteiger partial charge in [-0.15, -0.1) is 5.54 Å². The number of benzene rings is 3. The van der Waals surface area contributed by atoms with E-state index in [0.717, 1.165) is 42.6 Å². The Labute approximate surface area is 266 Å². The van der Waals surface area contributed by atoms with Gasteiger partial charge in [0, 0.05) is 18.6 Å². The molecule has 1 fully saturated rings. The Morgan fingerprint density at radius 3 is 2.45 bits per heavy atom. The first kappa shape index (κ1) is 33.3. The molecule has 2 N–H and O–H groups in total. The first-order valence-corrected chi connectivity index (χ1v) is 18.9. The van der Waals surface area contributed by atoms with Gasteiger partial charge in [0.25, 0.3) is 0 Å². The lowest BCUT2D eigenvalue weighted by molar-refractivity contribution is -0.165. The van der Waals surface area contributed by atoms with Crippen molar-refractivity contribution in [1.82, 2.24) is 5.32 Å². The molecule has 2 amide bonds. The van der Waals surface area contributed by atoms with E-state index in [0.29, 0.717) is 36.1 Å². The molecule has 232 valence electrons. The normalized spacial score (nSPS) is 15.4. The minimum absolute atomic E-state index is 0.117. The van der Waals surface area contributed by atoms with Crippen molar-refractivity contribution in [2.75, 3.05) is 25.1 Å². The fourth-order valence-corrected chi connectivity index (χ4v) is 5.30. The van der Waals surface area contributed by atoms with E-state index in [1.54, 1.807) is 12.1 Å². The highest BCUT2D eigenvalue weighted by Crippen LogP contribution is 2.23. The van der Waals surface area contributed by atoms with Crippen LogP contribution in [-0.4, -0.2) is 52.0 Å². The van der Waals surface area contributed by atoms with Crippen LogP contribution in [-0.2, 0) is 31.9 Å². The molecule has 2 atom stereocenters. The van der Waals surface area contributed by atoms with Gasteiger partial charge in [0.2, 0.25) is 11.8 Å². The van der Waals surface area contributed by atoms with E-state index in [1.165, 1.54) is 0 Å². The van der Waals surface area contributed by atoms with Crippen molar-refractivity contribution in [3.63, 3.8) is 0 Å². The Morgan fingerprint density at radius 1 is 1.00 bits per heavy atom. The van der Waals surface area contributed by atoms with E-state index >= 15 is 0 Å². The van der Waals surface area contributed by atoms with Crippen LogP contribution < -0.4 is 15.4 Å². The van der Waals surface area contributed by atoms with E-state index in [4.69, 9.17) is 25.8 Å². The molecule has 1 saturated heterocycles. The molecule has 44 heavy (non-hydrogen) atoms. The van der Waals surface area contributed by atoms with E-state index in [2.05, 4.69) is 41.7 Å². The van der Waals surface area contributed by atoms with E-state index in [1.807, 2.05) is 60.7 Å². The van der Waals surface area contributed by atoms with Crippen molar-refractivity contribution in [2.24, 2.45) is 0 Å². The standard InChI is InChI=1S/C35H41ClN2O5Si/c1-44(2,3)22-18-28-14-17-31(30(36)23-28)38-35(40)32(24-26-9-5-4-6-10-26)37-33(39)25-27-12-15-29(16-13-27)41-20-21-43-34-11-7-8-19-42-34/h4-6,9-10,12-17,23,32,34H,7-8,11,19-21,24-25H2,1-3H3,(H,37,39)(H,38,40)/t32-,34-/m0/s1. The van der Waals surface area contributed by atoms with Gasteiger partial charge < -0.3 is 24.8 Å². The molecule has 0 bridgehead atoms. The van der Waals surface area contributed by atoms with Crippen LogP contribution in [0.15, 0.2) is 72.8 Å². The molecular weight excluding hydrogens is 592 g/mol. The molecule has 1 heterocycles. The average molecular weight is 633 g/mol. The molecule has 0 radical (unpaired) electrons. The molecular formula is C35H41ClN2O5Si. The van der Waals surface area contributed by atoms with Crippen molar-refractivity contribution in [3.05, 3.63) is 94.5 Å². The summed E-state index contributed by atoms with van der Waals surface area (Å²) in [4.78, 5) is 26.5. The number of rotatable bonds is 12. The largest absolute Gasteiger partial charge is 0.491 e. The lowest BCUT2D eigenvalue weighted by Crippen LogP contribution is -2.45. The molecule has 1 aliphatic rings. The van der Waals surface area contributed by atoms with Gasteiger partial charge in [0.1, 0.15) is 26.5 Å². The van der Waals surface area contributed by atoms with Gasteiger partial charge in [0.15, 0.2) is 6.29 Å². The van der Waals surface area contributed by atoms with E-state index in [-0.39, 0.29) is 24.5 Å². The monoisotopic (exact) mass is 632 g/mol. The maximum Gasteiger partial charge on any atom is 0.247 e. The van der Waals surface area contributed by atoms with Crippen molar-refractivity contribution < 1.29 is 23.8 Å². The minimum atomic E-state index is -1.54. The summed E-state index contributed by atoms with van der Waals surface area (Å²) in [5, 5.41) is 6.20. The minimum Gasteiger partial charge on any atom is -0.491 e. The third-order valence-electron chi connectivity index (χ3n) is 6.82. The van der Waals surface area contributed by atoms with Gasteiger partial charge in [-0.05, 0) is 60.7 Å². The molecule has 0 saturated carbocycles. The summed E-state index contributed by atoms with van der Waals surface area (Å²) in [6.45, 7) is 8.12. The summed E-state index contributed by atoms with van der Waals surface area (Å²) >= 11 is 6.51. The van der Waals surface area contributed by atoms with Crippen LogP contribution in [0.4, 0.5) is 5.69 Å². The number of carbonyl (C=O) groups excluding carboxylic acids is 2. The highest BCUT2D eigenvalue weighted by molar-refractivity contribution is 6.83. The summed E-state index contributed by atoms with van der Waals surface area (Å²) in [7, 11) is -1.54. The smallest absolute Gasteiger partial charge is 0.247 e. The van der Waals surface area contributed by atoms with Gasteiger partial charge in [-0.1, -0.05) is 79.6 Å². The lowest BCUT2D eigenvalue weighted by atomic mass is 10.0. The highest BCUT2D eigenvalue weighted by Gasteiger charge is 2.22. The number of nitrogens with one attached hydrogen (secondary N) is 2. The zero-order valence-corrected chi connectivity index (χ0v) is 27.4. The first-order chi connectivity index (χ1) is 21.1. The van der Waals surface area contributed by atoms with Crippen molar-refractivity contribution in [3.8, 4) is 17.2 Å². The summed E-state index contributed by atoms with van der Waals surface area (Å²) in [6.07, 6.45) is 3.43. The number of anilines is 1. The third kappa shape index (κ3) is 11.5. The molecule has 3 aromatic carbocycles. The zero-order valence-electron chi connectivity index (χ0n) is 25.7. The Hall–Kier alpha value is -3.61. The van der Waals surface area contributed by atoms with Crippen molar-refractivity contribution in [1.29, 1.82) is 0 Å². The second kappa shape index (κ2) is 16.5. The average Bonchev–Trinajstić information content (AvgIpc) is 3.00. The second-order valence-corrected chi connectivity index (χ2v) is 17.0. The molecule has 7 nitrogen and oxygen atoms in total. The Bertz CT molecular complexity index is 1440. The molecule has 0 unspecified atom stereocenters. The van der Waals surface area contributed by atoms with Gasteiger partial charge in [0.05, 0.1) is 23.7 Å². The van der Waals surface area contributed by atoms with Crippen LogP contribution in [0.5, 0.6) is 5.75 Å². The maximum atomic E-state index is 13.4. The molecule has 0 spiro atoms. The summed E-state index contributed by atoms with van der Waals surface area (Å²) < 4.78 is 17.0. The molecule has 4 rings (SSSR count). The molecule has 1 aliphatic heterocycles. The second-order valence-electron chi connectivity index (χ2n) is 11.8. The topological polar surface area (TPSA) is 85.9 Å². The number of amides is 2. The van der Waals surface area contributed by atoms with Crippen molar-refractivity contribution >= 4 is 37.2 Å². The SMILES string of the molecule is C[Si](C)(C)C#Cc1ccc(NC(=O)[C@H](Cc2ccccc2)NC(=O)Cc2ccc(OCCO[C@H]3CCCCO3)cc2)c(Cl)c1. The van der Waals surface area contributed by atoms with E-state index in [9.17, 15) is 9.59 Å². The molecule has 3 aromatic rings. The number of halogens is 1. The summed E-state index contributed by atoms with van der Waals surface area (Å²) in [5.41, 5.74) is 6.31. The zero-order chi connectivity index (χ0) is 31.4. The van der Waals surface area contributed by atoms with Gasteiger partial charge >= 0.3 is 0 Å². The van der Waals surface area contributed by atoms with Gasteiger partial charge in [-0.3, -0.25) is 9.59 Å². The maximum absolute atomic E-state index is 13.4. The number of carbonyl (C=O) groups is 2. The Balaban J connectivity index is 1.33. The predicted molar refractivity (Wildman–Crippen MR) is 178 cm³/mol. The quantitative estimate of drug-likeness (QED) is 0.137. The molecule has 0 aliphatic carbocycles. The summed E-state index contributed by atoms with van der Waals surface area (Å²) in [5.74, 6) is 3.25. The number of hydrogen-bond donors (Lipinski definition) is 2.